The fraction of sp³-hybridized carbons (Fsp3) is 0. The molecule has 1 N–H and O–H groups in total. The summed E-state index contributed by atoms with van der Waals surface area (Å²) in [6, 6.07) is 10.8. The van der Waals surface area contributed by atoms with Crippen molar-refractivity contribution in [1.29, 1.82) is 0 Å². The second kappa shape index (κ2) is 4.41. The first-order chi connectivity index (χ1) is 9.05. The Morgan fingerprint density at radius 1 is 1.11 bits per heavy atom. The summed E-state index contributed by atoms with van der Waals surface area (Å²) in [6.07, 6.45) is 3.37. The molecule has 0 saturated carbocycles. The van der Waals surface area contributed by atoms with Crippen LogP contribution in [0.3, 0.4) is 0 Å². The van der Waals surface area contributed by atoms with E-state index in [0.717, 1.165) is 32.5 Å². The van der Waals surface area contributed by atoms with Crippen LogP contribution in [0.2, 0.25) is 0 Å². The van der Waals surface area contributed by atoms with E-state index >= 15 is 0 Å². The van der Waals surface area contributed by atoms with Crippen molar-refractivity contribution in [3.8, 4) is 11.1 Å². The lowest BCUT2D eigenvalue weighted by Gasteiger charge is -2.02. The van der Waals surface area contributed by atoms with Crippen molar-refractivity contribution in [2.75, 3.05) is 0 Å². The van der Waals surface area contributed by atoms with E-state index in [1.165, 1.54) is 6.07 Å². The van der Waals surface area contributed by atoms with Crippen LogP contribution < -0.4 is 0 Å². The highest BCUT2D eigenvalue weighted by Crippen LogP contribution is 2.36. The van der Waals surface area contributed by atoms with Gasteiger partial charge in [-0.1, -0.05) is 18.2 Å². The molecule has 0 bridgehead atoms. The molecule has 0 fully saturated rings. The minimum Gasteiger partial charge on any atom is -0.281 e. The van der Waals surface area contributed by atoms with Gasteiger partial charge in [-0.05, 0) is 34.7 Å². The lowest BCUT2D eigenvalue weighted by Crippen LogP contribution is -1.92. The van der Waals surface area contributed by atoms with Gasteiger partial charge in [-0.15, -0.1) is 11.3 Å². The van der Waals surface area contributed by atoms with E-state index in [1.54, 1.807) is 12.4 Å². The number of fused-ring (bicyclic) bond motifs is 1. The number of hydrogen-bond acceptors (Lipinski definition) is 4. The molecule has 4 nitrogen and oxygen atoms in total. The first-order valence-electron chi connectivity index (χ1n) is 5.46. The molecule has 0 saturated heterocycles. The monoisotopic (exact) mass is 291 g/mol. The highest BCUT2D eigenvalue weighted by atomic mass is 32.3. The van der Waals surface area contributed by atoms with Gasteiger partial charge in [0, 0.05) is 17.1 Å². The molecule has 3 rings (SSSR count). The van der Waals surface area contributed by atoms with E-state index in [0.29, 0.717) is 0 Å². The predicted molar refractivity (Wildman–Crippen MR) is 74.9 cm³/mol. The van der Waals surface area contributed by atoms with Crippen LogP contribution in [-0.2, 0) is 10.1 Å². The van der Waals surface area contributed by atoms with Crippen LogP contribution in [-0.4, -0.2) is 18.0 Å². The van der Waals surface area contributed by atoms with E-state index < -0.39 is 10.1 Å². The normalized spacial score (nSPS) is 11.8. The van der Waals surface area contributed by atoms with Crippen LogP contribution in [0.4, 0.5) is 0 Å². The van der Waals surface area contributed by atoms with Crippen molar-refractivity contribution in [1.82, 2.24) is 4.98 Å². The first-order valence-corrected chi connectivity index (χ1v) is 7.72. The summed E-state index contributed by atoms with van der Waals surface area (Å²) in [5, 5.41) is 0.798. The molecule has 0 aliphatic rings. The largest absolute Gasteiger partial charge is 0.304 e. The third-order valence-corrected chi connectivity index (χ3v) is 5.25. The molecule has 0 radical (unpaired) electrons. The smallest absolute Gasteiger partial charge is 0.281 e. The maximum absolute atomic E-state index is 11.2. The summed E-state index contributed by atoms with van der Waals surface area (Å²) in [7, 11) is -4.16. The quantitative estimate of drug-likeness (QED) is 0.736. The Kier molecular flexibility index (Phi) is 2.85. The van der Waals surface area contributed by atoms with Gasteiger partial charge >= 0.3 is 10.1 Å². The van der Waals surface area contributed by atoms with E-state index in [9.17, 15) is 8.42 Å². The van der Waals surface area contributed by atoms with Gasteiger partial charge in [0.15, 0.2) is 0 Å². The average molecular weight is 291 g/mol. The summed E-state index contributed by atoms with van der Waals surface area (Å²) >= 11 is 1.07. The van der Waals surface area contributed by atoms with Crippen molar-refractivity contribution < 1.29 is 13.0 Å². The van der Waals surface area contributed by atoms with Crippen molar-refractivity contribution in [3.05, 3.63) is 48.8 Å². The Morgan fingerprint density at radius 2 is 1.84 bits per heavy atom. The van der Waals surface area contributed by atoms with Gasteiger partial charge in [0.25, 0.3) is 0 Å². The summed E-state index contributed by atoms with van der Waals surface area (Å²) in [4.78, 5) is 3.96. The number of rotatable bonds is 2. The summed E-state index contributed by atoms with van der Waals surface area (Å²) in [5.74, 6) is 0. The third-order valence-electron chi connectivity index (χ3n) is 2.77. The summed E-state index contributed by atoms with van der Waals surface area (Å²) in [6.45, 7) is 0. The minimum atomic E-state index is -4.16. The van der Waals surface area contributed by atoms with Gasteiger partial charge in [0.2, 0.25) is 0 Å². The third kappa shape index (κ3) is 2.25. The number of aromatic nitrogens is 1. The zero-order valence-corrected chi connectivity index (χ0v) is 11.3. The molecular formula is C13H9NO3S2. The highest BCUT2D eigenvalue weighted by molar-refractivity contribution is 7.88. The second-order valence-electron chi connectivity index (χ2n) is 4.00. The van der Waals surface area contributed by atoms with E-state index in [4.69, 9.17) is 4.55 Å². The fourth-order valence-electron chi connectivity index (χ4n) is 1.93. The van der Waals surface area contributed by atoms with Gasteiger partial charge < -0.3 is 0 Å². The number of benzene rings is 1. The van der Waals surface area contributed by atoms with Crippen molar-refractivity contribution in [3.63, 3.8) is 0 Å². The number of thiophene rings is 1. The zero-order valence-electron chi connectivity index (χ0n) is 9.65. The Bertz CT molecular complexity index is 839. The first kappa shape index (κ1) is 12.3. The molecule has 19 heavy (non-hydrogen) atoms. The standard InChI is InChI=1S/C13H9NO3S2/c15-19(16,17)12-8-10-2-1-3-11(13(10)18-12)9-4-6-14-7-5-9/h1-8H,(H,15,16,17). The fourth-order valence-corrected chi connectivity index (χ4v) is 3.80. The van der Waals surface area contributed by atoms with Gasteiger partial charge in [-0.2, -0.15) is 8.42 Å². The van der Waals surface area contributed by atoms with Crippen molar-refractivity contribution >= 4 is 31.5 Å². The van der Waals surface area contributed by atoms with Gasteiger partial charge in [0.05, 0.1) is 0 Å². The van der Waals surface area contributed by atoms with Crippen LogP contribution in [0.25, 0.3) is 21.2 Å². The Balaban J connectivity index is 2.30. The number of pyridine rings is 1. The summed E-state index contributed by atoms with van der Waals surface area (Å²) < 4.78 is 32.3. The predicted octanol–water partition coefficient (Wildman–Crippen LogP) is 3.21. The molecule has 2 heterocycles. The number of nitrogens with zero attached hydrogens (tertiary/aromatic N) is 1. The van der Waals surface area contributed by atoms with E-state index in [2.05, 4.69) is 4.98 Å². The molecule has 0 aliphatic heterocycles. The second-order valence-corrected chi connectivity index (χ2v) is 6.70. The summed E-state index contributed by atoms with van der Waals surface area (Å²) in [5.41, 5.74) is 1.89. The lowest BCUT2D eigenvalue weighted by molar-refractivity contribution is 0.485. The lowest BCUT2D eigenvalue weighted by atomic mass is 10.1. The van der Waals surface area contributed by atoms with Gasteiger partial charge in [0.1, 0.15) is 4.21 Å². The molecule has 0 unspecified atom stereocenters. The molecule has 0 atom stereocenters. The molecule has 0 spiro atoms. The zero-order chi connectivity index (χ0) is 13.5. The molecule has 3 aromatic rings. The molecular weight excluding hydrogens is 282 g/mol. The molecule has 6 heteroatoms. The van der Waals surface area contributed by atoms with Crippen LogP contribution >= 0.6 is 11.3 Å². The molecule has 96 valence electrons. The van der Waals surface area contributed by atoms with Crippen LogP contribution in [0.15, 0.2) is 53.0 Å². The van der Waals surface area contributed by atoms with Crippen LogP contribution in [0.1, 0.15) is 0 Å². The Hall–Kier alpha value is -1.76. The molecule has 0 amide bonds. The van der Waals surface area contributed by atoms with Gasteiger partial charge in [-0.3, -0.25) is 9.54 Å². The SMILES string of the molecule is O=S(=O)(O)c1cc2cccc(-c3ccncc3)c2s1. The molecule has 0 aliphatic carbocycles. The van der Waals surface area contributed by atoms with Gasteiger partial charge in [-0.25, -0.2) is 0 Å². The van der Waals surface area contributed by atoms with E-state index in [-0.39, 0.29) is 4.21 Å². The maximum Gasteiger partial charge on any atom is 0.304 e. The Labute approximate surface area is 114 Å². The van der Waals surface area contributed by atoms with Crippen molar-refractivity contribution in [2.45, 2.75) is 4.21 Å². The number of hydrogen-bond donors (Lipinski definition) is 1. The minimum absolute atomic E-state index is 0.0380. The molecule has 1 aromatic carbocycles. The van der Waals surface area contributed by atoms with Crippen molar-refractivity contribution in [2.24, 2.45) is 0 Å². The van der Waals surface area contributed by atoms with Crippen LogP contribution in [0.5, 0.6) is 0 Å². The van der Waals surface area contributed by atoms with E-state index in [1.807, 2.05) is 30.3 Å². The average Bonchev–Trinajstić information content (AvgIpc) is 2.83. The van der Waals surface area contributed by atoms with Crippen LogP contribution in [0, 0.1) is 0 Å². The molecule has 2 aromatic heterocycles. The topological polar surface area (TPSA) is 67.3 Å². The Morgan fingerprint density at radius 3 is 2.53 bits per heavy atom. The maximum atomic E-state index is 11.2. The highest BCUT2D eigenvalue weighted by Gasteiger charge is 2.15.